The van der Waals surface area contributed by atoms with Crippen LogP contribution in [0, 0.1) is 5.41 Å². The lowest BCUT2D eigenvalue weighted by molar-refractivity contribution is 0.533. The summed E-state index contributed by atoms with van der Waals surface area (Å²) in [7, 11) is 0. The fourth-order valence-electron chi connectivity index (χ4n) is 1.95. The molecular weight excluding hydrogens is 182 g/mol. The highest BCUT2D eigenvalue weighted by atomic mass is 14.6. The Morgan fingerprint density at radius 3 is 2.73 bits per heavy atom. The maximum absolute atomic E-state index is 4.52. The first-order valence-electron chi connectivity index (χ1n) is 5.67. The molecule has 2 rings (SSSR count). The summed E-state index contributed by atoms with van der Waals surface area (Å²) in [5, 5.41) is 2.45. The topological polar surface area (TPSA) is 12.9 Å². The third-order valence-corrected chi connectivity index (χ3v) is 3.01. The fourth-order valence-corrected chi connectivity index (χ4v) is 1.95. The maximum Gasteiger partial charge on any atom is 0.0659 e. The number of fused-ring (bicyclic) bond motifs is 1. The van der Waals surface area contributed by atoms with Crippen LogP contribution < -0.4 is 10.6 Å². The highest BCUT2D eigenvalue weighted by Gasteiger charge is 2.15. The van der Waals surface area contributed by atoms with Crippen LogP contribution in [0.3, 0.4) is 0 Å². The molecule has 1 heterocycles. The molecule has 0 bridgehead atoms. The third-order valence-electron chi connectivity index (χ3n) is 3.01. The predicted molar refractivity (Wildman–Crippen MR) is 64.9 cm³/mol. The molecule has 0 saturated carbocycles. The molecule has 1 heteroatoms. The Morgan fingerprint density at radius 2 is 2.07 bits per heavy atom. The highest BCUT2D eigenvalue weighted by molar-refractivity contribution is 5.42. The van der Waals surface area contributed by atoms with Gasteiger partial charge in [0.1, 0.15) is 0 Å². The molecule has 1 aromatic rings. The smallest absolute Gasteiger partial charge is 0.0659 e. The van der Waals surface area contributed by atoms with Crippen molar-refractivity contribution in [3.05, 3.63) is 28.4 Å². The molecule has 0 radical (unpaired) electrons. The lowest BCUT2D eigenvalue weighted by Gasteiger charge is -2.20. The van der Waals surface area contributed by atoms with Gasteiger partial charge in [-0.05, 0) is 34.6 Å². The largest absolute Gasteiger partial charge is 0.256 e. The molecule has 15 heavy (non-hydrogen) atoms. The molecule has 1 aromatic heterocycles. The minimum absolute atomic E-state index is 0.282. The van der Waals surface area contributed by atoms with Gasteiger partial charge in [-0.3, -0.25) is 4.98 Å². The second-order valence-corrected chi connectivity index (χ2v) is 5.44. The van der Waals surface area contributed by atoms with E-state index in [2.05, 4.69) is 50.9 Å². The quantitative estimate of drug-likeness (QED) is 0.679. The average Bonchev–Trinajstić information content (AvgIpc) is 2.15. The monoisotopic (exact) mass is 201 g/mol. The van der Waals surface area contributed by atoms with Crippen LogP contribution in [0.15, 0.2) is 12.3 Å². The molecule has 0 aliphatic heterocycles. The number of hydrogen-bond acceptors (Lipinski definition) is 1. The summed E-state index contributed by atoms with van der Waals surface area (Å²) < 4.78 is 0. The van der Waals surface area contributed by atoms with Crippen molar-refractivity contribution in [1.82, 2.24) is 4.98 Å². The van der Waals surface area contributed by atoms with Crippen molar-refractivity contribution in [2.45, 2.75) is 40.0 Å². The molecule has 0 atom stereocenters. The molecule has 1 aliphatic carbocycles. The first kappa shape index (κ1) is 10.4. The zero-order valence-electron chi connectivity index (χ0n) is 10.0. The van der Waals surface area contributed by atoms with Crippen LogP contribution in [-0.2, 0) is 0 Å². The van der Waals surface area contributed by atoms with E-state index in [1.165, 1.54) is 10.8 Å². The van der Waals surface area contributed by atoms with Crippen LogP contribution >= 0.6 is 0 Å². The van der Waals surface area contributed by atoms with Crippen LogP contribution in [-0.4, -0.2) is 4.98 Å². The number of rotatable bonds is 1. The van der Waals surface area contributed by atoms with Crippen LogP contribution in [0.2, 0.25) is 0 Å². The number of hydrogen-bond donors (Lipinski definition) is 0. The standard InChI is InChI=1S/C14H19N/c1-10(2)12-7-11-8-14(3,4)6-5-13(11)15-9-12/h5,7-10H,6H2,1-4H3. The van der Waals surface area contributed by atoms with Crippen molar-refractivity contribution in [1.29, 1.82) is 0 Å². The number of aromatic nitrogens is 1. The molecule has 0 unspecified atom stereocenters. The lowest BCUT2D eigenvalue weighted by atomic mass is 9.85. The minimum atomic E-state index is 0.282. The van der Waals surface area contributed by atoms with E-state index in [4.69, 9.17) is 0 Å². The van der Waals surface area contributed by atoms with Crippen molar-refractivity contribution in [3.8, 4) is 0 Å². The molecule has 0 saturated heterocycles. The van der Waals surface area contributed by atoms with E-state index in [9.17, 15) is 0 Å². The van der Waals surface area contributed by atoms with Gasteiger partial charge < -0.3 is 0 Å². The summed E-state index contributed by atoms with van der Waals surface area (Å²) in [6.45, 7) is 8.96. The summed E-state index contributed by atoms with van der Waals surface area (Å²) in [6.07, 6.45) is 7.70. The maximum atomic E-state index is 4.52. The Morgan fingerprint density at radius 1 is 1.33 bits per heavy atom. The predicted octanol–water partition coefficient (Wildman–Crippen LogP) is 2.20. The van der Waals surface area contributed by atoms with Gasteiger partial charge in [0.2, 0.25) is 0 Å². The molecule has 0 spiro atoms. The zero-order chi connectivity index (χ0) is 11.1. The van der Waals surface area contributed by atoms with Crippen molar-refractivity contribution in [3.63, 3.8) is 0 Å². The normalized spacial score (nSPS) is 17.9. The second-order valence-electron chi connectivity index (χ2n) is 5.44. The number of pyridine rings is 1. The molecule has 80 valence electrons. The molecule has 1 nitrogen and oxygen atoms in total. The van der Waals surface area contributed by atoms with Crippen LogP contribution in [0.1, 0.15) is 45.6 Å². The van der Waals surface area contributed by atoms with Gasteiger partial charge in [0, 0.05) is 6.20 Å². The molecule has 0 aromatic carbocycles. The van der Waals surface area contributed by atoms with E-state index in [0.717, 1.165) is 11.8 Å². The van der Waals surface area contributed by atoms with E-state index >= 15 is 0 Å². The Hall–Kier alpha value is -1.11. The van der Waals surface area contributed by atoms with Gasteiger partial charge in [-0.15, -0.1) is 0 Å². The second kappa shape index (κ2) is 3.48. The molecule has 1 aliphatic rings. The minimum Gasteiger partial charge on any atom is -0.256 e. The van der Waals surface area contributed by atoms with Gasteiger partial charge in [0.05, 0.1) is 5.35 Å². The molecule has 0 N–H and O–H groups in total. The van der Waals surface area contributed by atoms with Crippen molar-refractivity contribution in [2.24, 2.45) is 5.41 Å². The Kier molecular flexibility index (Phi) is 2.41. The van der Waals surface area contributed by atoms with E-state index in [0.29, 0.717) is 5.92 Å². The molecule has 0 amide bonds. The highest BCUT2D eigenvalue weighted by Crippen LogP contribution is 2.23. The van der Waals surface area contributed by atoms with Crippen LogP contribution in [0.4, 0.5) is 0 Å². The average molecular weight is 201 g/mol. The molecule has 0 fully saturated rings. The summed E-state index contributed by atoms with van der Waals surface area (Å²) in [5.41, 5.74) is 1.61. The Labute approximate surface area is 91.6 Å². The van der Waals surface area contributed by atoms with E-state index < -0.39 is 0 Å². The fraction of sp³-hybridized carbons (Fsp3) is 0.500. The SMILES string of the molecule is CC(C)c1cnc2c(c1)=CC(C)(C)CC=2. The first-order chi connectivity index (χ1) is 6.98. The van der Waals surface area contributed by atoms with E-state index in [1.54, 1.807) is 0 Å². The van der Waals surface area contributed by atoms with Crippen LogP contribution in [0.25, 0.3) is 12.2 Å². The summed E-state index contributed by atoms with van der Waals surface area (Å²) in [5.74, 6) is 0.557. The van der Waals surface area contributed by atoms with E-state index in [-0.39, 0.29) is 5.41 Å². The van der Waals surface area contributed by atoms with Gasteiger partial charge >= 0.3 is 0 Å². The van der Waals surface area contributed by atoms with Crippen molar-refractivity contribution >= 4 is 12.2 Å². The first-order valence-corrected chi connectivity index (χ1v) is 5.67. The van der Waals surface area contributed by atoms with Gasteiger partial charge in [-0.25, -0.2) is 0 Å². The molecular formula is C14H19N. The summed E-state index contributed by atoms with van der Waals surface area (Å²) >= 11 is 0. The zero-order valence-corrected chi connectivity index (χ0v) is 10.0. The van der Waals surface area contributed by atoms with Gasteiger partial charge in [-0.1, -0.05) is 39.8 Å². The summed E-state index contributed by atoms with van der Waals surface area (Å²) in [6, 6.07) is 2.28. The summed E-state index contributed by atoms with van der Waals surface area (Å²) in [4.78, 5) is 4.52. The lowest BCUT2D eigenvalue weighted by Crippen LogP contribution is -2.34. The van der Waals surface area contributed by atoms with Crippen molar-refractivity contribution < 1.29 is 0 Å². The Balaban J connectivity index is 2.62. The van der Waals surface area contributed by atoms with Crippen LogP contribution in [0.5, 0.6) is 0 Å². The van der Waals surface area contributed by atoms with Crippen molar-refractivity contribution in [2.75, 3.05) is 0 Å². The number of nitrogens with zero attached hydrogens (tertiary/aromatic N) is 1. The van der Waals surface area contributed by atoms with Gasteiger partial charge in [0.25, 0.3) is 0 Å². The van der Waals surface area contributed by atoms with E-state index in [1.807, 2.05) is 6.20 Å². The third kappa shape index (κ3) is 2.11. The van der Waals surface area contributed by atoms with Gasteiger partial charge in [0.15, 0.2) is 0 Å². The Bertz CT molecular complexity index is 481. The van der Waals surface area contributed by atoms with Gasteiger partial charge in [-0.2, -0.15) is 0 Å².